The van der Waals surface area contributed by atoms with Gasteiger partial charge in [0.15, 0.2) is 5.75 Å². The SMILES string of the molecule is O=C(NNc1ccccc1OC(F)(F)F)C1CC(c2ccccc2)=NO1. The number of nitrogens with one attached hydrogen (secondary N) is 2. The maximum absolute atomic E-state index is 12.4. The molecule has 3 rings (SSSR count). The van der Waals surface area contributed by atoms with E-state index in [0.717, 1.165) is 11.6 Å². The van der Waals surface area contributed by atoms with E-state index in [1.54, 1.807) is 0 Å². The molecular weight excluding hydrogens is 351 g/mol. The van der Waals surface area contributed by atoms with Gasteiger partial charge in [-0.05, 0) is 17.7 Å². The fraction of sp³-hybridized carbons (Fsp3) is 0.176. The van der Waals surface area contributed by atoms with Gasteiger partial charge in [-0.25, -0.2) is 0 Å². The Labute approximate surface area is 146 Å². The molecule has 1 heterocycles. The fourth-order valence-corrected chi connectivity index (χ4v) is 2.31. The maximum Gasteiger partial charge on any atom is 0.573 e. The number of ether oxygens (including phenoxy) is 1. The number of hydrogen-bond donors (Lipinski definition) is 2. The molecule has 0 radical (unpaired) electrons. The fourth-order valence-electron chi connectivity index (χ4n) is 2.31. The van der Waals surface area contributed by atoms with Crippen molar-refractivity contribution in [3.63, 3.8) is 0 Å². The van der Waals surface area contributed by atoms with E-state index in [9.17, 15) is 18.0 Å². The van der Waals surface area contributed by atoms with Crippen LogP contribution >= 0.6 is 0 Å². The van der Waals surface area contributed by atoms with Crippen molar-refractivity contribution in [1.82, 2.24) is 5.43 Å². The minimum atomic E-state index is -4.84. The number of amides is 1. The standard InChI is InChI=1S/C17H14F3N3O3/c18-17(19,20)25-14-9-5-4-8-12(14)21-22-16(24)15-10-13(23-26-15)11-6-2-1-3-7-11/h1-9,15,21H,10H2,(H,22,24). The lowest BCUT2D eigenvalue weighted by molar-refractivity contribution is -0.274. The van der Waals surface area contributed by atoms with Crippen molar-refractivity contribution in [2.45, 2.75) is 18.9 Å². The number of anilines is 1. The van der Waals surface area contributed by atoms with Gasteiger partial charge in [-0.3, -0.25) is 15.6 Å². The van der Waals surface area contributed by atoms with Gasteiger partial charge in [0, 0.05) is 6.42 Å². The Morgan fingerprint density at radius 1 is 1.12 bits per heavy atom. The molecule has 2 aromatic carbocycles. The van der Waals surface area contributed by atoms with Gasteiger partial charge in [-0.1, -0.05) is 47.6 Å². The summed E-state index contributed by atoms with van der Waals surface area (Å²) >= 11 is 0. The molecule has 0 saturated carbocycles. The van der Waals surface area contributed by atoms with Crippen LogP contribution in [0.2, 0.25) is 0 Å². The van der Waals surface area contributed by atoms with Crippen LogP contribution in [0.3, 0.4) is 0 Å². The van der Waals surface area contributed by atoms with E-state index in [2.05, 4.69) is 20.7 Å². The Bertz CT molecular complexity index is 810. The van der Waals surface area contributed by atoms with E-state index in [1.807, 2.05) is 30.3 Å². The van der Waals surface area contributed by atoms with Crippen LogP contribution < -0.4 is 15.6 Å². The molecule has 6 nitrogen and oxygen atoms in total. The van der Waals surface area contributed by atoms with Crippen LogP contribution in [0, 0.1) is 0 Å². The normalized spacial score (nSPS) is 16.4. The smallest absolute Gasteiger partial charge is 0.404 e. The van der Waals surface area contributed by atoms with Crippen molar-refractivity contribution >= 4 is 17.3 Å². The first-order chi connectivity index (χ1) is 12.4. The summed E-state index contributed by atoms with van der Waals surface area (Å²) in [6, 6.07) is 14.6. The summed E-state index contributed by atoms with van der Waals surface area (Å²) in [5.41, 5.74) is 6.12. The van der Waals surface area contributed by atoms with E-state index in [4.69, 9.17) is 4.84 Å². The third-order valence-corrected chi connectivity index (χ3v) is 3.50. The van der Waals surface area contributed by atoms with Crippen LogP contribution in [0.4, 0.5) is 18.9 Å². The van der Waals surface area contributed by atoms with Crippen molar-refractivity contribution in [3.05, 3.63) is 60.2 Å². The molecule has 1 aliphatic rings. The molecule has 26 heavy (non-hydrogen) atoms. The van der Waals surface area contributed by atoms with Gasteiger partial charge < -0.3 is 9.57 Å². The summed E-state index contributed by atoms with van der Waals surface area (Å²) < 4.78 is 41.1. The third kappa shape index (κ3) is 4.44. The highest BCUT2D eigenvalue weighted by atomic mass is 19.4. The molecule has 0 saturated heterocycles. The largest absolute Gasteiger partial charge is 0.573 e. The first kappa shape index (κ1) is 17.6. The minimum absolute atomic E-state index is 0.0413. The zero-order chi connectivity index (χ0) is 18.6. The molecule has 0 aliphatic carbocycles. The number of carbonyl (C=O) groups excluding carboxylic acids is 1. The summed E-state index contributed by atoms with van der Waals surface area (Å²) in [7, 11) is 0. The predicted octanol–water partition coefficient (Wildman–Crippen LogP) is 3.22. The molecule has 136 valence electrons. The first-order valence-electron chi connectivity index (χ1n) is 7.61. The lowest BCUT2D eigenvalue weighted by atomic mass is 10.1. The molecule has 0 aromatic heterocycles. The number of rotatable bonds is 5. The van der Waals surface area contributed by atoms with E-state index in [-0.39, 0.29) is 12.1 Å². The Kier molecular flexibility index (Phi) is 4.97. The molecule has 0 fully saturated rings. The highest BCUT2D eigenvalue weighted by Gasteiger charge is 2.32. The predicted molar refractivity (Wildman–Crippen MR) is 87.4 cm³/mol. The van der Waals surface area contributed by atoms with E-state index in [1.165, 1.54) is 18.2 Å². The summed E-state index contributed by atoms with van der Waals surface area (Å²) in [4.78, 5) is 17.3. The molecule has 0 spiro atoms. The van der Waals surface area contributed by atoms with E-state index in [0.29, 0.717) is 5.71 Å². The van der Waals surface area contributed by atoms with Gasteiger partial charge in [0.05, 0.1) is 11.4 Å². The summed E-state index contributed by atoms with van der Waals surface area (Å²) in [6.07, 6.45) is -5.47. The number of oxime groups is 1. The second kappa shape index (κ2) is 7.34. The van der Waals surface area contributed by atoms with Crippen molar-refractivity contribution in [2.75, 3.05) is 5.43 Å². The Morgan fingerprint density at radius 2 is 1.81 bits per heavy atom. The number of nitrogens with zero attached hydrogens (tertiary/aromatic N) is 1. The lowest BCUT2D eigenvalue weighted by Gasteiger charge is -2.16. The van der Waals surface area contributed by atoms with E-state index < -0.39 is 24.1 Å². The second-order valence-electron chi connectivity index (χ2n) is 5.36. The number of para-hydroxylation sites is 2. The van der Waals surface area contributed by atoms with Crippen LogP contribution in [0.25, 0.3) is 0 Å². The van der Waals surface area contributed by atoms with Crippen LogP contribution in [0.15, 0.2) is 59.8 Å². The van der Waals surface area contributed by atoms with Crippen LogP contribution in [-0.2, 0) is 9.63 Å². The van der Waals surface area contributed by atoms with Crippen molar-refractivity contribution in [3.8, 4) is 5.75 Å². The number of halogens is 3. The molecule has 2 N–H and O–H groups in total. The van der Waals surface area contributed by atoms with Gasteiger partial charge in [-0.15, -0.1) is 13.2 Å². The number of hydrogen-bond acceptors (Lipinski definition) is 5. The molecule has 9 heteroatoms. The summed E-state index contributed by atoms with van der Waals surface area (Å²) in [5, 5.41) is 3.88. The monoisotopic (exact) mass is 365 g/mol. The third-order valence-electron chi connectivity index (χ3n) is 3.50. The number of benzene rings is 2. The highest BCUT2D eigenvalue weighted by Crippen LogP contribution is 2.29. The Hall–Kier alpha value is -3.23. The average Bonchev–Trinajstić information content (AvgIpc) is 3.10. The van der Waals surface area contributed by atoms with Gasteiger partial charge in [0.2, 0.25) is 6.10 Å². The topological polar surface area (TPSA) is 72.0 Å². The highest BCUT2D eigenvalue weighted by molar-refractivity contribution is 6.04. The first-order valence-corrected chi connectivity index (χ1v) is 7.61. The number of hydrazine groups is 1. The molecule has 2 aromatic rings. The van der Waals surface area contributed by atoms with Gasteiger partial charge in [0.25, 0.3) is 5.91 Å². The second-order valence-corrected chi connectivity index (χ2v) is 5.36. The van der Waals surface area contributed by atoms with E-state index >= 15 is 0 Å². The summed E-state index contributed by atoms with van der Waals surface area (Å²) in [6.45, 7) is 0. The lowest BCUT2D eigenvalue weighted by Crippen LogP contribution is -2.38. The van der Waals surface area contributed by atoms with Gasteiger partial charge in [-0.2, -0.15) is 0 Å². The van der Waals surface area contributed by atoms with Gasteiger partial charge >= 0.3 is 6.36 Å². The zero-order valence-corrected chi connectivity index (χ0v) is 13.3. The Morgan fingerprint density at radius 3 is 2.54 bits per heavy atom. The minimum Gasteiger partial charge on any atom is -0.404 e. The average molecular weight is 365 g/mol. The number of carbonyl (C=O) groups is 1. The Balaban J connectivity index is 1.57. The van der Waals surface area contributed by atoms with Crippen molar-refractivity contribution < 1.29 is 27.5 Å². The molecule has 1 aliphatic heterocycles. The molecule has 1 amide bonds. The molecular formula is C17H14F3N3O3. The maximum atomic E-state index is 12.4. The molecule has 1 atom stereocenters. The molecule has 1 unspecified atom stereocenters. The molecule has 0 bridgehead atoms. The summed E-state index contributed by atoms with van der Waals surface area (Å²) in [5.74, 6) is -1.03. The van der Waals surface area contributed by atoms with Crippen LogP contribution in [0.1, 0.15) is 12.0 Å². The van der Waals surface area contributed by atoms with Crippen molar-refractivity contribution in [1.29, 1.82) is 0 Å². The number of alkyl halides is 3. The van der Waals surface area contributed by atoms with Crippen molar-refractivity contribution in [2.24, 2.45) is 5.16 Å². The van der Waals surface area contributed by atoms with Gasteiger partial charge in [0.1, 0.15) is 0 Å². The van der Waals surface area contributed by atoms with Crippen LogP contribution in [0.5, 0.6) is 5.75 Å². The zero-order valence-electron chi connectivity index (χ0n) is 13.3. The van der Waals surface area contributed by atoms with Crippen LogP contribution in [-0.4, -0.2) is 24.1 Å². The quantitative estimate of drug-likeness (QED) is 0.798.